The van der Waals surface area contributed by atoms with E-state index in [9.17, 15) is 30.6 Å². The minimum Gasteiger partial charge on any atom is -0.394 e. The van der Waals surface area contributed by atoms with E-state index in [1.165, 1.54) is 6.08 Å². The number of unbranched alkanes of at least 4 members (excludes halogenated alkanes) is 2. The van der Waals surface area contributed by atoms with Crippen molar-refractivity contribution >= 4 is 0 Å². The quantitative estimate of drug-likeness (QED) is 0.197. The molecule has 0 spiro atoms. The van der Waals surface area contributed by atoms with Gasteiger partial charge in [-0.05, 0) is 47.9 Å². The molecule has 2 rings (SSSR count). The van der Waals surface area contributed by atoms with Crippen molar-refractivity contribution in [1.29, 1.82) is 0 Å². The molecule has 0 aliphatic carbocycles. The maximum Gasteiger partial charge on any atom is 0.126 e. The molecule has 0 saturated heterocycles. The summed E-state index contributed by atoms with van der Waals surface area (Å²) in [6.07, 6.45) is 0.738. The van der Waals surface area contributed by atoms with Crippen molar-refractivity contribution in [3.05, 3.63) is 83.4 Å². The first kappa shape index (κ1) is 30.2. The van der Waals surface area contributed by atoms with Gasteiger partial charge >= 0.3 is 0 Å². The van der Waals surface area contributed by atoms with E-state index in [4.69, 9.17) is 0 Å². The second kappa shape index (κ2) is 14.0. The summed E-state index contributed by atoms with van der Waals surface area (Å²) in [7, 11) is 0. The van der Waals surface area contributed by atoms with Crippen molar-refractivity contribution in [2.24, 2.45) is 0 Å². The molecular weight excluding hydrogens is 456 g/mol. The third kappa shape index (κ3) is 7.25. The van der Waals surface area contributed by atoms with Crippen LogP contribution in [0.25, 0.3) is 0 Å². The zero-order valence-electron chi connectivity index (χ0n) is 21.7. The van der Waals surface area contributed by atoms with E-state index >= 15 is 0 Å². The maximum atomic E-state index is 11.8. The molecule has 200 valence electrons. The number of benzene rings is 2. The van der Waals surface area contributed by atoms with Crippen LogP contribution in [0.4, 0.5) is 0 Å². The Morgan fingerprint density at radius 3 is 1.64 bits per heavy atom. The third-order valence-corrected chi connectivity index (χ3v) is 7.15. The van der Waals surface area contributed by atoms with Crippen LogP contribution in [0.15, 0.2) is 61.2 Å². The Hall–Kier alpha value is -2.06. The lowest BCUT2D eigenvalue weighted by atomic mass is 9.72. The van der Waals surface area contributed by atoms with E-state index in [-0.39, 0.29) is 12.8 Å². The molecule has 6 nitrogen and oxygen atoms in total. The van der Waals surface area contributed by atoms with Crippen LogP contribution >= 0.6 is 0 Å². The number of hydrogen-bond donors (Lipinski definition) is 6. The Balaban J connectivity index is 2.51. The van der Waals surface area contributed by atoms with Gasteiger partial charge in [-0.3, -0.25) is 0 Å². The molecule has 0 bridgehead atoms. The van der Waals surface area contributed by atoms with Gasteiger partial charge in [-0.15, -0.1) is 6.58 Å². The fraction of sp³-hybridized carbons (Fsp3) is 0.533. The molecule has 6 N–H and O–H groups in total. The SMILES string of the molecule is C=CC(O)(Cc1ccccc1CCCC)[C@@H](O)[C@@](O)(Cc1ccccc1CCCC)[C@H](O)[C@@H](O)CO. The van der Waals surface area contributed by atoms with Gasteiger partial charge < -0.3 is 30.6 Å². The predicted octanol–water partition coefficient (Wildman–Crippen LogP) is 2.88. The van der Waals surface area contributed by atoms with Gasteiger partial charge in [-0.25, -0.2) is 0 Å². The monoisotopic (exact) mass is 500 g/mol. The largest absolute Gasteiger partial charge is 0.394 e. The molecular formula is C30H44O6. The molecule has 2 aromatic rings. The van der Waals surface area contributed by atoms with E-state index in [1.807, 2.05) is 36.4 Å². The number of hydrogen-bond acceptors (Lipinski definition) is 6. The molecule has 0 aliphatic heterocycles. The van der Waals surface area contributed by atoms with Gasteiger partial charge in [0.15, 0.2) is 0 Å². The van der Waals surface area contributed by atoms with Crippen molar-refractivity contribution in [1.82, 2.24) is 0 Å². The predicted molar refractivity (Wildman–Crippen MR) is 143 cm³/mol. The molecule has 0 amide bonds. The Morgan fingerprint density at radius 2 is 1.22 bits per heavy atom. The van der Waals surface area contributed by atoms with Crippen LogP contribution in [0, 0.1) is 0 Å². The highest BCUT2D eigenvalue weighted by Crippen LogP contribution is 2.34. The maximum absolute atomic E-state index is 11.8. The smallest absolute Gasteiger partial charge is 0.126 e. The fourth-order valence-electron chi connectivity index (χ4n) is 4.80. The standard InChI is InChI=1S/C30H44O6/c1-4-7-13-22-15-9-11-17-24(22)19-29(35,6-3)28(34)30(36,27(33)26(32)21-31)20-25-18-12-10-16-23(25)14-8-5-2/h6,9-12,15-18,26-28,31-36H,3-5,7-8,13-14,19-21H2,1-2H3/t26-,27+,28+,29?,30+/m0/s1. The molecule has 5 atom stereocenters. The third-order valence-electron chi connectivity index (χ3n) is 7.15. The lowest BCUT2D eigenvalue weighted by molar-refractivity contribution is -0.218. The van der Waals surface area contributed by atoms with Crippen LogP contribution < -0.4 is 0 Å². The summed E-state index contributed by atoms with van der Waals surface area (Å²) in [5.41, 5.74) is -0.946. The fourth-order valence-corrected chi connectivity index (χ4v) is 4.80. The second-order valence-electron chi connectivity index (χ2n) is 9.88. The van der Waals surface area contributed by atoms with Crippen LogP contribution in [-0.2, 0) is 25.7 Å². The van der Waals surface area contributed by atoms with E-state index in [0.29, 0.717) is 5.56 Å². The summed E-state index contributed by atoms with van der Waals surface area (Å²) < 4.78 is 0. The summed E-state index contributed by atoms with van der Waals surface area (Å²) >= 11 is 0. The second-order valence-corrected chi connectivity index (χ2v) is 9.88. The first-order valence-electron chi connectivity index (χ1n) is 13.0. The summed E-state index contributed by atoms with van der Waals surface area (Å²) in [6, 6.07) is 15.0. The van der Waals surface area contributed by atoms with Gasteiger partial charge in [0, 0.05) is 12.8 Å². The highest BCUT2D eigenvalue weighted by Gasteiger charge is 2.53. The highest BCUT2D eigenvalue weighted by atomic mass is 16.4. The zero-order chi connectivity index (χ0) is 26.8. The lowest BCUT2D eigenvalue weighted by Gasteiger charge is -2.45. The molecule has 1 unspecified atom stereocenters. The van der Waals surface area contributed by atoms with E-state index in [2.05, 4.69) is 20.4 Å². The van der Waals surface area contributed by atoms with Gasteiger partial charge in [0.2, 0.25) is 0 Å². The van der Waals surface area contributed by atoms with Crippen LogP contribution in [0.3, 0.4) is 0 Å². The molecule has 0 radical (unpaired) electrons. The molecule has 0 saturated carbocycles. The van der Waals surface area contributed by atoms with Gasteiger partial charge in [0.05, 0.1) is 6.61 Å². The van der Waals surface area contributed by atoms with Gasteiger partial charge in [-0.1, -0.05) is 81.3 Å². The van der Waals surface area contributed by atoms with Crippen LogP contribution in [-0.4, -0.2) is 66.8 Å². The highest BCUT2D eigenvalue weighted by molar-refractivity contribution is 5.33. The average Bonchev–Trinajstić information content (AvgIpc) is 2.90. The summed E-state index contributed by atoms with van der Waals surface area (Å²) in [4.78, 5) is 0. The van der Waals surface area contributed by atoms with E-state index in [1.54, 1.807) is 12.1 Å². The van der Waals surface area contributed by atoms with Crippen molar-refractivity contribution in [3.63, 3.8) is 0 Å². The van der Waals surface area contributed by atoms with Crippen LogP contribution in [0.5, 0.6) is 0 Å². The van der Waals surface area contributed by atoms with Crippen LogP contribution in [0.1, 0.15) is 61.8 Å². The molecule has 36 heavy (non-hydrogen) atoms. The Kier molecular flexibility index (Phi) is 11.8. The molecule has 0 aromatic heterocycles. The zero-order valence-corrected chi connectivity index (χ0v) is 21.7. The Labute approximate surface area is 215 Å². The summed E-state index contributed by atoms with van der Waals surface area (Å²) in [5, 5.41) is 65.8. The molecule has 0 fully saturated rings. The van der Waals surface area contributed by atoms with Crippen molar-refractivity contribution in [2.75, 3.05) is 6.61 Å². The average molecular weight is 501 g/mol. The topological polar surface area (TPSA) is 121 Å². The molecule has 0 heterocycles. The van der Waals surface area contributed by atoms with E-state index < -0.39 is 36.1 Å². The normalized spacial score (nSPS) is 17.6. The van der Waals surface area contributed by atoms with Gasteiger partial charge in [0.25, 0.3) is 0 Å². The summed E-state index contributed by atoms with van der Waals surface area (Å²) in [6.45, 7) is 7.08. The number of aliphatic hydroxyl groups is 6. The van der Waals surface area contributed by atoms with Crippen LogP contribution in [0.2, 0.25) is 0 Å². The lowest BCUT2D eigenvalue weighted by Crippen LogP contribution is -2.66. The summed E-state index contributed by atoms with van der Waals surface area (Å²) in [5.74, 6) is 0. The van der Waals surface area contributed by atoms with Crippen molar-refractivity contribution in [2.45, 2.75) is 94.7 Å². The molecule has 6 heteroatoms. The Morgan fingerprint density at radius 1 is 0.778 bits per heavy atom. The minimum atomic E-state index is -2.38. The number of aryl methyl sites for hydroxylation is 2. The number of aliphatic hydroxyl groups excluding tert-OH is 4. The first-order chi connectivity index (χ1) is 17.2. The van der Waals surface area contributed by atoms with Crippen molar-refractivity contribution in [3.8, 4) is 0 Å². The van der Waals surface area contributed by atoms with Gasteiger partial charge in [0.1, 0.15) is 29.5 Å². The van der Waals surface area contributed by atoms with Gasteiger partial charge in [-0.2, -0.15) is 0 Å². The van der Waals surface area contributed by atoms with Crippen molar-refractivity contribution < 1.29 is 30.6 Å². The molecule has 0 aliphatic rings. The Bertz CT molecular complexity index is 947. The minimum absolute atomic E-state index is 0.0424. The first-order valence-corrected chi connectivity index (χ1v) is 13.0. The number of rotatable bonds is 16. The molecule has 2 aromatic carbocycles. The van der Waals surface area contributed by atoms with E-state index in [0.717, 1.165) is 55.2 Å².